The third-order valence-electron chi connectivity index (χ3n) is 3.30. The molecule has 0 fully saturated rings. The molecule has 0 aliphatic rings. The van der Waals surface area contributed by atoms with Crippen LogP contribution in [0.25, 0.3) is 10.9 Å². The molecule has 0 spiro atoms. The van der Waals surface area contributed by atoms with Crippen LogP contribution in [0.2, 0.25) is 10.0 Å². The van der Waals surface area contributed by atoms with Gasteiger partial charge in [-0.3, -0.25) is 5.43 Å². The van der Waals surface area contributed by atoms with E-state index >= 15 is 0 Å². The largest absolute Gasteiger partial charge is 0.506 e. The van der Waals surface area contributed by atoms with E-state index in [2.05, 4.69) is 47.4 Å². The van der Waals surface area contributed by atoms with Gasteiger partial charge in [0.1, 0.15) is 17.1 Å². The summed E-state index contributed by atoms with van der Waals surface area (Å²) in [6.07, 6.45) is 1.45. The number of aromatic hydroxyl groups is 2. The molecule has 0 saturated heterocycles. The minimum Gasteiger partial charge on any atom is -0.506 e. The van der Waals surface area contributed by atoms with Crippen LogP contribution in [0.1, 0.15) is 5.56 Å². The Morgan fingerprint density at radius 2 is 1.80 bits per heavy atom. The standard InChI is InChI=1S/C16H9Br2Cl2N3O2/c17-8-3-7(15(24)10(18)4-8)6-21-23-13-2-1-9-11(19)5-12(20)16(25)14(9)22-13/h1-6,24-25H,(H,22,23). The molecule has 0 amide bonds. The van der Waals surface area contributed by atoms with Crippen LogP contribution in [0.3, 0.4) is 0 Å². The molecule has 9 heteroatoms. The molecule has 3 N–H and O–H groups in total. The average Bonchev–Trinajstić information content (AvgIpc) is 2.57. The van der Waals surface area contributed by atoms with Gasteiger partial charge in [-0.2, -0.15) is 5.10 Å². The number of pyridine rings is 1. The van der Waals surface area contributed by atoms with Crippen LogP contribution in [0.15, 0.2) is 44.4 Å². The summed E-state index contributed by atoms with van der Waals surface area (Å²) in [5.41, 5.74) is 3.51. The number of phenolic OH excluding ortho intramolecular Hbond substituents is 2. The summed E-state index contributed by atoms with van der Waals surface area (Å²) in [6.45, 7) is 0. The molecule has 3 rings (SSSR count). The first-order valence-electron chi connectivity index (χ1n) is 6.81. The van der Waals surface area contributed by atoms with Crippen molar-refractivity contribution < 1.29 is 10.2 Å². The molecule has 25 heavy (non-hydrogen) atoms. The normalized spacial score (nSPS) is 11.4. The van der Waals surface area contributed by atoms with Gasteiger partial charge in [0.05, 0.1) is 20.7 Å². The lowest BCUT2D eigenvalue weighted by Gasteiger charge is -2.07. The molecule has 0 aliphatic carbocycles. The van der Waals surface area contributed by atoms with Crippen molar-refractivity contribution in [3.8, 4) is 11.5 Å². The summed E-state index contributed by atoms with van der Waals surface area (Å²) in [4.78, 5) is 4.26. The molecule has 0 saturated carbocycles. The zero-order valence-electron chi connectivity index (χ0n) is 12.3. The fraction of sp³-hybridized carbons (Fsp3) is 0. The Bertz CT molecular complexity index is 1010. The van der Waals surface area contributed by atoms with E-state index in [1.165, 1.54) is 12.3 Å². The van der Waals surface area contributed by atoms with Crippen LogP contribution in [0.5, 0.6) is 11.5 Å². The van der Waals surface area contributed by atoms with E-state index in [-0.39, 0.29) is 22.0 Å². The summed E-state index contributed by atoms with van der Waals surface area (Å²) in [5.74, 6) is 0.296. The molecule has 0 bridgehead atoms. The highest BCUT2D eigenvalue weighted by Gasteiger charge is 2.11. The average molecular weight is 506 g/mol. The van der Waals surface area contributed by atoms with Gasteiger partial charge in [0.25, 0.3) is 0 Å². The lowest BCUT2D eigenvalue weighted by Crippen LogP contribution is -1.95. The van der Waals surface area contributed by atoms with Crippen molar-refractivity contribution in [2.45, 2.75) is 0 Å². The van der Waals surface area contributed by atoms with E-state index in [1.807, 2.05) is 0 Å². The first kappa shape index (κ1) is 18.3. The Morgan fingerprint density at radius 1 is 1.04 bits per heavy atom. The maximum atomic E-state index is 10.0. The molecule has 5 nitrogen and oxygen atoms in total. The van der Waals surface area contributed by atoms with Crippen molar-refractivity contribution in [2.75, 3.05) is 5.43 Å². The minimum absolute atomic E-state index is 0.0661. The first-order chi connectivity index (χ1) is 11.9. The number of phenols is 2. The van der Waals surface area contributed by atoms with Gasteiger partial charge in [0.15, 0.2) is 5.75 Å². The van der Waals surface area contributed by atoms with E-state index in [9.17, 15) is 10.2 Å². The maximum Gasteiger partial charge on any atom is 0.160 e. The van der Waals surface area contributed by atoms with E-state index in [0.717, 1.165) is 4.47 Å². The van der Waals surface area contributed by atoms with Crippen LogP contribution in [0.4, 0.5) is 5.82 Å². The number of nitrogens with zero attached hydrogens (tertiary/aromatic N) is 2. The van der Waals surface area contributed by atoms with Gasteiger partial charge in [-0.1, -0.05) is 39.1 Å². The molecule has 1 heterocycles. The van der Waals surface area contributed by atoms with Crippen molar-refractivity contribution in [2.24, 2.45) is 5.10 Å². The summed E-state index contributed by atoms with van der Waals surface area (Å²) in [6, 6.07) is 8.26. The number of fused-ring (bicyclic) bond motifs is 1. The van der Waals surface area contributed by atoms with Gasteiger partial charge >= 0.3 is 0 Å². The van der Waals surface area contributed by atoms with E-state index in [0.29, 0.717) is 26.3 Å². The fourth-order valence-electron chi connectivity index (χ4n) is 2.12. The Labute approximate surface area is 169 Å². The first-order valence-corrected chi connectivity index (χ1v) is 9.16. The third-order valence-corrected chi connectivity index (χ3v) is 4.96. The second-order valence-corrected chi connectivity index (χ2v) is 7.56. The Kier molecular flexibility index (Phi) is 5.38. The van der Waals surface area contributed by atoms with Gasteiger partial charge in [-0.05, 0) is 46.3 Å². The fourth-order valence-corrected chi connectivity index (χ4v) is 3.89. The number of anilines is 1. The molecule has 1 aromatic heterocycles. The monoisotopic (exact) mass is 503 g/mol. The highest BCUT2D eigenvalue weighted by atomic mass is 79.9. The number of rotatable bonds is 3. The molecular weight excluding hydrogens is 497 g/mol. The number of aromatic nitrogens is 1. The number of hydrazone groups is 1. The van der Waals surface area contributed by atoms with E-state index in [1.54, 1.807) is 24.3 Å². The highest BCUT2D eigenvalue weighted by Crippen LogP contribution is 2.36. The van der Waals surface area contributed by atoms with Gasteiger partial charge in [0, 0.05) is 15.4 Å². The Balaban J connectivity index is 1.90. The maximum absolute atomic E-state index is 10.0. The SMILES string of the molecule is Oc1c(Br)cc(Br)cc1C=NNc1ccc2c(Cl)cc(Cl)c(O)c2n1. The lowest BCUT2D eigenvalue weighted by atomic mass is 10.2. The molecule has 2 aromatic carbocycles. The van der Waals surface area contributed by atoms with Crippen molar-refractivity contribution in [3.63, 3.8) is 0 Å². The van der Waals surface area contributed by atoms with Crippen molar-refractivity contribution >= 4 is 78.0 Å². The quantitative estimate of drug-likeness (QED) is 0.305. The van der Waals surface area contributed by atoms with E-state index < -0.39 is 0 Å². The van der Waals surface area contributed by atoms with Crippen LogP contribution in [-0.2, 0) is 0 Å². The predicted molar refractivity (Wildman–Crippen MR) is 108 cm³/mol. The van der Waals surface area contributed by atoms with Crippen LogP contribution < -0.4 is 5.43 Å². The predicted octanol–water partition coefficient (Wildman–Crippen LogP) is 5.92. The summed E-state index contributed by atoms with van der Waals surface area (Å²) in [5, 5.41) is 25.2. The summed E-state index contributed by atoms with van der Waals surface area (Å²) < 4.78 is 1.33. The zero-order chi connectivity index (χ0) is 18.1. The summed E-state index contributed by atoms with van der Waals surface area (Å²) in [7, 11) is 0. The van der Waals surface area contributed by atoms with Crippen LogP contribution in [-0.4, -0.2) is 21.4 Å². The third kappa shape index (κ3) is 3.84. The smallest absolute Gasteiger partial charge is 0.160 e. The number of hydrogen-bond acceptors (Lipinski definition) is 5. The Hall–Kier alpha value is -1.54. The van der Waals surface area contributed by atoms with Gasteiger partial charge < -0.3 is 10.2 Å². The Morgan fingerprint density at radius 3 is 2.56 bits per heavy atom. The van der Waals surface area contributed by atoms with Crippen LogP contribution >= 0.6 is 55.1 Å². The zero-order valence-corrected chi connectivity index (χ0v) is 16.9. The second kappa shape index (κ2) is 7.37. The highest BCUT2D eigenvalue weighted by molar-refractivity contribution is 9.11. The van der Waals surface area contributed by atoms with Gasteiger partial charge in [-0.25, -0.2) is 4.98 Å². The lowest BCUT2D eigenvalue weighted by molar-refractivity contribution is 0.471. The molecule has 0 atom stereocenters. The molecule has 0 aliphatic heterocycles. The van der Waals surface area contributed by atoms with Gasteiger partial charge in [-0.15, -0.1) is 0 Å². The molecule has 3 aromatic rings. The number of hydrogen-bond donors (Lipinski definition) is 3. The number of halogens is 4. The molecular formula is C16H9Br2Cl2N3O2. The second-order valence-electron chi connectivity index (χ2n) is 4.98. The minimum atomic E-state index is -0.151. The molecule has 128 valence electrons. The molecule has 0 unspecified atom stereocenters. The summed E-state index contributed by atoms with van der Waals surface area (Å²) >= 11 is 18.6. The van der Waals surface area contributed by atoms with Crippen molar-refractivity contribution in [3.05, 3.63) is 54.9 Å². The van der Waals surface area contributed by atoms with E-state index in [4.69, 9.17) is 23.2 Å². The molecule has 0 radical (unpaired) electrons. The topological polar surface area (TPSA) is 77.7 Å². The van der Waals surface area contributed by atoms with Crippen molar-refractivity contribution in [1.29, 1.82) is 0 Å². The number of nitrogens with one attached hydrogen (secondary N) is 1. The van der Waals surface area contributed by atoms with Gasteiger partial charge in [0.2, 0.25) is 0 Å². The van der Waals surface area contributed by atoms with Crippen molar-refractivity contribution in [1.82, 2.24) is 4.98 Å². The number of benzene rings is 2. The van der Waals surface area contributed by atoms with Crippen LogP contribution in [0, 0.1) is 0 Å².